The third-order valence-electron chi connectivity index (χ3n) is 11.9. The Morgan fingerprint density at radius 2 is 0.684 bits per heavy atom. The minimum absolute atomic E-state index is 0.0734. The van der Waals surface area contributed by atoms with Crippen LogP contribution in [0.4, 0.5) is 0 Å². The second-order valence-corrected chi connectivity index (χ2v) is 17.6. The Morgan fingerprint density at radius 1 is 0.404 bits per heavy atom. The Labute approximate surface area is 357 Å². The van der Waals surface area contributed by atoms with Gasteiger partial charge < -0.3 is 15.5 Å². The van der Waals surface area contributed by atoms with E-state index in [-0.39, 0.29) is 12.5 Å². The van der Waals surface area contributed by atoms with Crippen molar-refractivity contribution in [2.24, 2.45) is 0 Å². The van der Waals surface area contributed by atoms with Gasteiger partial charge in [-0.3, -0.25) is 4.79 Å². The quantitative estimate of drug-likeness (QED) is 0.0424. The number of hydrogen-bond acceptors (Lipinski definition) is 3. The highest BCUT2D eigenvalue weighted by atomic mass is 16.3. The van der Waals surface area contributed by atoms with Gasteiger partial charge in [0.05, 0.1) is 18.8 Å². The number of carbonyl (C=O) groups excluding carboxylic acids is 1. The van der Waals surface area contributed by atoms with Crippen LogP contribution in [-0.4, -0.2) is 34.9 Å². The van der Waals surface area contributed by atoms with Crippen LogP contribution in [0, 0.1) is 0 Å². The molecule has 4 heteroatoms. The second kappa shape index (κ2) is 49.0. The molecule has 0 aliphatic carbocycles. The van der Waals surface area contributed by atoms with Crippen LogP contribution in [-0.2, 0) is 4.79 Å². The van der Waals surface area contributed by atoms with E-state index in [1.54, 1.807) is 6.08 Å². The van der Waals surface area contributed by atoms with Gasteiger partial charge in [0.25, 0.3) is 0 Å². The highest BCUT2D eigenvalue weighted by molar-refractivity contribution is 5.76. The number of aliphatic hydroxyl groups excluding tert-OH is 2. The van der Waals surface area contributed by atoms with Gasteiger partial charge in [-0.25, -0.2) is 0 Å². The molecule has 336 valence electrons. The maximum Gasteiger partial charge on any atom is 0.220 e. The fourth-order valence-electron chi connectivity index (χ4n) is 7.92. The monoisotopic (exact) mass is 800 g/mol. The van der Waals surface area contributed by atoms with Crippen molar-refractivity contribution in [3.05, 3.63) is 36.5 Å². The van der Waals surface area contributed by atoms with Crippen molar-refractivity contribution in [1.29, 1.82) is 0 Å². The molecule has 0 aromatic heterocycles. The summed E-state index contributed by atoms with van der Waals surface area (Å²) in [6.07, 6.45) is 65.7. The molecule has 0 heterocycles. The van der Waals surface area contributed by atoms with Crippen LogP contribution >= 0.6 is 0 Å². The number of aliphatic hydroxyl groups is 2. The summed E-state index contributed by atoms with van der Waals surface area (Å²) in [6, 6.07) is -0.643. The lowest BCUT2D eigenvalue weighted by Crippen LogP contribution is -2.45. The molecule has 2 atom stereocenters. The van der Waals surface area contributed by atoms with Crippen molar-refractivity contribution in [2.45, 2.75) is 289 Å². The number of nitrogens with one attached hydrogen (secondary N) is 1. The maximum atomic E-state index is 12.4. The Hall–Kier alpha value is -1.39. The number of rotatable bonds is 47. The van der Waals surface area contributed by atoms with Crippen molar-refractivity contribution >= 4 is 5.91 Å². The molecule has 0 aromatic carbocycles. The van der Waals surface area contributed by atoms with Gasteiger partial charge in [-0.2, -0.15) is 0 Å². The van der Waals surface area contributed by atoms with E-state index < -0.39 is 12.1 Å². The van der Waals surface area contributed by atoms with Crippen LogP contribution in [0.1, 0.15) is 277 Å². The van der Waals surface area contributed by atoms with Crippen molar-refractivity contribution < 1.29 is 15.0 Å². The normalized spacial score (nSPS) is 13.1. The number of allylic oxidation sites excluding steroid dienone is 5. The lowest BCUT2D eigenvalue weighted by atomic mass is 10.0. The number of amides is 1. The average molecular weight is 800 g/mol. The summed E-state index contributed by atoms with van der Waals surface area (Å²) in [4.78, 5) is 12.4. The number of carbonyl (C=O) groups is 1. The lowest BCUT2D eigenvalue weighted by Gasteiger charge is -2.19. The molecule has 0 radical (unpaired) electrons. The summed E-state index contributed by atoms with van der Waals surface area (Å²) < 4.78 is 0. The zero-order valence-electron chi connectivity index (χ0n) is 38.6. The van der Waals surface area contributed by atoms with Crippen LogP contribution in [0.2, 0.25) is 0 Å². The molecule has 0 fully saturated rings. The fraction of sp³-hybridized carbons (Fsp3) is 0.868. The lowest BCUT2D eigenvalue weighted by molar-refractivity contribution is -0.123. The van der Waals surface area contributed by atoms with Gasteiger partial charge in [-0.1, -0.05) is 262 Å². The van der Waals surface area contributed by atoms with Gasteiger partial charge in [-0.15, -0.1) is 0 Å². The van der Waals surface area contributed by atoms with E-state index in [1.165, 1.54) is 218 Å². The summed E-state index contributed by atoms with van der Waals surface area (Å²) in [5, 5.41) is 23.1. The highest BCUT2D eigenvalue weighted by Crippen LogP contribution is 2.16. The Bertz CT molecular complexity index is 866. The SMILES string of the molecule is CCCCCCCCCCCCCCCCC/C=C/CC/C=C/CC/C=C/C(O)C(CO)NC(=O)CCCCCCCCCCCCCCCCCCCCCC. The van der Waals surface area contributed by atoms with E-state index in [2.05, 4.69) is 43.5 Å². The van der Waals surface area contributed by atoms with Gasteiger partial charge in [0.1, 0.15) is 0 Å². The molecule has 2 unspecified atom stereocenters. The largest absolute Gasteiger partial charge is 0.394 e. The van der Waals surface area contributed by atoms with Crippen molar-refractivity contribution in [3.8, 4) is 0 Å². The molecule has 0 aliphatic heterocycles. The molecule has 0 saturated carbocycles. The molecular formula is C53H101NO3. The van der Waals surface area contributed by atoms with Gasteiger partial charge in [0.15, 0.2) is 0 Å². The summed E-state index contributed by atoms with van der Waals surface area (Å²) in [6.45, 7) is 4.32. The Morgan fingerprint density at radius 3 is 1.02 bits per heavy atom. The smallest absolute Gasteiger partial charge is 0.220 e. The topological polar surface area (TPSA) is 69.6 Å². The van der Waals surface area contributed by atoms with Crippen LogP contribution in [0.5, 0.6) is 0 Å². The summed E-state index contributed by atoms with van der Waals surface area (Å²) in [7, 11) is 0. The van der Waals surface area contributed by atoms with Crippen LogP contribution in [0.25, 0.3) is 0 Å². The summed E-state index contributed by atoms with van der Waals surface area (Å²) >= 11 is 0. The molecule has 0 aliphatic rings. The molecule has 0 aromatic rings. The molecule has 4 nitrogen and oxygen atoms in total. The van der Waals surface area contributed by atoms with Crippen LogP contribution < -0.4 is 5.32 Å². The van der Waals surface area contributed by atoms with Gasteiger partial charge in [-0.05, 0) is 44.9 Å². The van der Waals surface area contributed by atoms with Crippen LogP contribution in [0.15, 0.2) is 36.5 Å². The molecular weight excluding hydrogens is 699 g/mol. The van der Waals surface area contributed by atoms with E-state index in [4.69, 9.17) is 0 Å². The average Bonchev–Trinajstić information content (AvgIpc) is 3.22. The first-order valence-corrected chi connectivity index (χ1v) is 25.7. The van der Waals surface area contributed by atoms with Gasteiger partial charge >= 0.3 is 0 Å². The molecule has 0 spiro atoms. The van der Waals surface area contributed by atoms with Gasteiger partial charge in [0, 0.05) is 6.42 Å². The maximum absolute atomic E-state index is 12.4. The van der Waals surface area contributed by atoms with E-state index in [0.717, 1.165) is 38.5 Å². The molecule has 1 amide bonds. The summed E-state index contributed by atoms with van der Waals surface area (Å²) in [5.41, 5.74) is 0. The molecule has 3 N–H and O–H groups in total. The minimum atomic E-state index is -0.868. The first kappa shape index (κ1) is 55.6. The van der Waals surface area contributed by atoms with Crippen LogP contribution in [0.3, 0.4) is 0 Å². The van der Waals surface area contributed by atoms with Crippen molar-refractivity contribution in [1.82, 2.24) is 5.32 Å². The third kappa shape index (κ3) is 45.5. The molecule has 0 saturated heterocycles. The van der Waals surface area contributed by atoms with E-state index in [0.29, 0.717) is 6.42 Å². The Kier molecular flexibility index (Phi) is 47.8. The molecule has 57 heavy (non-hydrogen) atoms. The van der Waals surface area contributed by atoms with E-state index in [1.807, 2.05) is 6.08 Å². The predicted octanol–water partition coefficient (Wildman–Crippen LogP) is 16.5. The van der Waals surface area contributed by atoms with E-state index >= 15 is 0 Å². The molecule has 0 rings (SSSR count). The standard InChI is InChI=1S/C53H101NO3/c1-3-5-7-9-11-13-15-17-19-21-23-25-26-27-28-29-30-32-34-36-38-40-42-44-46-48-52(56)51(50-55)54-53(57)49-47-45-43-41-39-37-35-33-31-24-22-20-18-16-14-12-10-8-6-4-2/h30,32,38,40,46,48,51-52,55-56H,3-29,31,33-37,39,41-45,47,49-50H2,1-2H3,(H,54,57)/b32-30+,40-38+,48-46+. The Balaban J connectivity index is 3.57. The second-order valence-electron chi connectivity index (χ2n) is 17.6. The third-order valence-corrected chi connectivity index (χ3v) is 11.9. The first-order valence-electron chi connectivity index (χ1n) is 25.7. The van der Waals surface area contributed by atoms with Crippen molar-refractivity contribution in [3.63, 3.8) is 0 Å². The zero-order valence-corrected chi connectivity index (χ0v) is 38.6. The zero-order chi connectivity index (χ0) is 41.4. The number of hydrogen-bond donors (Lipinski definition) is 3. The number of unbranched alkanes of at least 4 members (excludes halogenated alkanes) is 36. The van der Waals surface area contributed by atoms with Gasteiger partial charge in [0.2, 0.25) is 5.91 Å². The van der Waals surface area contributed by atoms with E-state index in [9.17, 15) is 15.0 Å². The van der Waals surface area contributed by atoms with Crippen molar-refractivity contribution in [2.75, 3.05) is 6.61 Å². The summed E-state index contributed by atoms with van der Waals surface area (Å²) in [5.74, 6) is -0.0734. The first-order chi connectivity index (χ1) is 28.2. The molecule has 0 bridgehead atoms. The predicted molar refractivity (Wildman–Crippen MR) is 253 cm³/mol. The fourth-order valence-corrected chi connectivity index (χ4v) is 7.92. The minimum Gasteiger partial charge on any atom is -0.394 e. The highest BCUT2D eigenvalue weighted by Gasteiger charge is 2.17.